The lowest BCUT2D eigenvalue weighted by atomic mass is 9.95. The fourth-order valence-electron chi connectivity index (χ4n) is 2.65. The Morgan fingerprint density at radius 1 is 1.44 bits per heavy atom. The van der Waals surface area contributed by atoms with Crippen LogP contribution < -0.4 is 5.73 Å². The van der Waals surface area contributed by atoms with E-state index in [9.17, 15) is 4.79 Å². The van der Waals surface area contributed by atoms with Crippen molar-refractivity contribution in [3.05, 3.63) is 0 Å². The molecule has 1 fully saturated rings. The van der Waals surface area contributed by atoms with Crippen LogP contribution in [-0.4, -0.2) is 40.4 Å². The van der Waals surface area contributed by atoms with E-state index in [1.807, 2.05) is 23.6 Å². The first-order valence-electron chi connectivity index (χ1n) is 7.21. The average molecular weight is 272 g/mol. The van der Waals surface area contributed by atoms with Crippen molar-refractivity contribution in [2.24, 2.45) is 5.73 Å². The topological polar surface area (TPSA) is 46.3 Å². The summed E-state index contributed by atoms with van der Waals surface area (Å²) in [5.41, 5.74) is 5.49. The minimum atomic E-state index is -0.680. The van der Waals surface area contributed by atoms with Gasteiger partial charge in [-0.15, -0.1) is 0 Å². The van der Waals surface area contributed by atoms with Gasteiger partial charge in [-0.05, 0) is 31.9 Å². The highest BCUT2D eigenvalue weighted by Gasteiger charge is 2.33. The Kier molecular flexibility index (Phi) is 6.50. The van der Waals surface area contributed by atoms with E-state index in [-0.39, 0.29) is 5.91 Å². The van der Waals surface area contributed by atoms with Crippen LogP contribution in [0.15, 0.2) is 0 Å². The molecule has 3 nitrogen and oxygen atoms in total. The molecule has 1 saturated heterocycles. The first kappa shape index (κ1) is 15.8. The van der Waals surface area contributed by atoms with Gasteiger partial charge < -0.3 is 10.6 Å². The fraction of sp³-hybridized carbons (Fsp3) is 0.929. The third-order valence-electron chi connectivity index (χ3n) is 3.58. The van der Waals surface area contributed by atoms with E-state index < -0.39 is 5.54 Å². The second-order valence-corrected chi connectivity index (χ2v) is 7.07. The van der Waals surface area contributed by atoms with E-state index >= 15 is 0 Å². The molecule has 0 aromatic rings. The molecule has 0 aromatic carbocycles. The number of hydrogen-bond acceptors (Lipinski definition) is 3. The smallest absolute Gasteiger partial charge is 0.242 e. The lowest BCUT2D eigenvalue weighted by Gasteiger charge is -2.32. The summed E-state index contributed by atoms with van der Waals surface area (Å²) in [6, 6.07) is 0. The molecule has 0 aliphatic carbocycles. The number of carbonyl (C=O) groups is 1. The number of rotatable bonds is 5. The van der Waals surface area contributed by atoms with Crippen LogP contribution in [-0.2, 0) is 4.79 Å². The second-order valence-electron chi connectivity index (χ2n) is 5.49. The van der Waals surface area contributed by atoms with Crippen LogP contribution in [0.25, 0.3) is 0 Å². The molecule has 2 unspecified atom stereocenters. The molecular weight excluding hydrogens is 244 g/mol. The number of hydrogen-bond donors (Lipinski definition) is 1. The van der Waals surface area contributed by atoms with E-state index in [0.29, 0.717) is 5.25 Å². The van der Waals surface area contributed by atoms with Crippen LogP contribution in [0.1, 0.15) is 52.9 Å². The standard InChI is InChI=1S/C14H28N2OS/c1-4-9-14(3,15)13(17)16-10-7-6-8-12(11-16)18-5-2/h12H,4-11,15H2,1-3H3. The molecule has 0 radical (unpaired) electrons. The molecule has 4 heteroatoms. The Hall–Kier alpha value is -0.220. The predicted octanol–water partition coefficient (Wildman–Crippen LogP) is 2.64. The molecule has 0 aromatic heterocycles. The van der Waals surface area contributed by atoms with Gasteiger partial charge in [-0.3, -0.25) is 4.79 Å². The molecule has 1 aliphatic rings. The highest BCUT2D eigenvalue weighted by Crippen LogP contribution is 2.24. The number of likely N-dealkylation sites (tertiary alicyclic amines) is 1. The first-order valence-corrected chi connectivity index (χ1v) is 8.26. The molecule has 1 aliphatic heterocycles. The minimum absolute atomic E-state index is 0.146. The van der Waals surface area contributed by atoms with Crippen molar-refractivity contribution in [2.45, 2.75) is 63.7 Å². The van der Waals surface area contributed by atoms with E-state index in [1.165, 1.54) is 12.8 Å². The normalized spacial score (nSPS) is 24.4. The Morgan fingerprint density at radius 3 is 2.78 bits per heavy atom. The molecule has 0 bridgehead atoms. The predicted molar refractivity (Wildman–Crippen MR) is 79.9 cm³/mol. The van der Waals surface area contributed by atoms with Crippen molar-refractivity contribution in [3.63, 3.8) is 0 Å². The summed E-state index contributed by atoms with van der Waals surface area (Å²) in [7, 11) is 0. The van der Waals surface area contributed by atoms with Crippen molar-refractivity contribution in [3.8, 4) is 0 Å². The van der Waals surface area contributed by atoms with Gasteiger partial charge in [-0.1, -0.05) is 26.7 Å². The number of carbonyl (C=O) groups excluding carboxylic acids is 1. The van der Waals surface area contributed by atoms with Crippen LogP contribution in [0.4, 0.5) is 0 Å². The van der Waals surface area contributed by atoms with Crippen molar-refractivity contribution >= 4 is 17.7 Å². The first-order chi connectivity index (χ1) is 8.51. The van der Waals surface area contributed by atoms with Crippen LogP contribution in [0.3, 0.4) is 0 Å². The highest BCUT2D eigenvalue weighted by molar-refractivity contribution is 7.99. The maximum Gasteiger partial charge on any atom is 0.242 e. The molecule has 1 rings (SSSR count). The van der Waals surface area contributed by atoms with Gasteiger partial charge in [0.2, 0.25) is 5.91 Å². The SMILES string of the molecule is CCCC(C)(N)C(=O)N1CCCCC(SCC)C1. The highest BCUT2D eigenvalue weighted by atomic mass is 32.2. The summed E-state index contributed by atoms with van der Waals surface area (Å²) in [4.78, 5) is 14.5. The third-order valence-corrected chi connectivity index (χ3v) is 4.77. The zero-order chi connectivity index (χ0) is 13.6. The third kappa shape index (κ3) is 4.47. The van der Waals surface area contributed by atoms with Gasteiger partial charge in [0.25, 0.3) is 0 Å². The maximum atomic E-state index is 12.5. The second kappa shape index (κ2) is 7.39. The van der Waals surface area contributed by atoms with Crippen LogP contribution in [0.2, 0.25) is 0 Å². The summed E-state index contributed by atoms with van der Waals surface area (Å²) in [6.07, 6.45) is 5.32. The molecule has 1 amide bonds. The van der Waals surface area contributed by atoms with Crippen LogP contribution >= 0.6 is 11.8 Å². The van der Waals surface area contributed by atoms with E-state index in [0.717, 1.165) is 38.1 Å². The molecule has 2 atom stereocenters. The van der Waals surface area contributed by atoms with Crippen LogP contribution in [0, 0.1) is 0 Å². The van der Waals surface area contributed by atoms with E-state index in [2.05, 4.69) is 13.8 Å². The zero-order valence-electron chi connectivity index (χ0n) is 12.1. The summed E-state index contributed by atoms with van der Waals surface area (Å²) in [6.45, 7) is 7.91. The largest absolute Gasteiger partial charge is 0.340 e. The van der Waals surface area contributed by atoms with Gasteiger partial charge in [0, 0.05) is 18.3 Å². The van der Waals surface area contributed by atoms with Gasteiger partial charge in [-0.2, -0.15) is 11.8 Å². The van der Waals surface area contributed by atoms with Crippen molar-refractivity contribution < 1.29 is 4.79 Å². The fourth-order valence-corrected chi connectivity index (χ4v) is 3.74. The van der Waals surface area contributed by atoms with Gasteiger partial charge in [0.15, 0.2) is 0 Å². The number of amides is 1. The average Bonchev–Trinajstić information content (AvgIpc) is 2.54. The van der Waals surface area contributed by atoms with Gasteiger partial charge in [-0.25, -0.2) is 0 Å². The molecule has 0 saturated carbocycles. The van der Waals surface area contributed by atoms with Gasteiger partial charge >= 0.3 is 0 Å². The summed E-state index contributed by atoms with van der Waals surface area (Å²) in [5, 5.41) is 0.596. The number of thioether (sulfide) groups is 1. The van der Waals surface area contributed by atoms with Gasteiger partial charge in [0.05, 0.1) is 5.54 Å². The lowest BCUT2D eigenvalue weighted by molar-refractivity contribution is -0.136. The van der Waals surface area contributed by atoms with Gasteiger partial charge in [0.1, 0.15) is 0 Å². The molecular formula is C14H28N2OS. The van der Waals surface area contributed by atoms with E-state index in [4.69, 9.17) is 5.73 Å². The zero-order valence-corrected chi connectivity index (χ0v) is 12.9. The minimum Gasteiger partial charge on any atom is -0.340 e. The lowest BCUT2D eigenvalue weighted by Crippen LogP contribution is -2.54. The van der Waals surface area contributed by atoms with Crippen molar-refractivity contribution in [2.75, 3.05) is 18.8 Å². The molecule has 18 heavy (non-hydrogen) atoms. The Morgan fingerprint density at radius 2 is 2.17 bits per heavy atom. The summed E-state index contributed by atoms with van der Waals surface area (Å²) < 4.78 is 0. The molecule has 1 heterocycles. The van der Waals surface area contributed by atoms with E-state index in [1.54, 1.807) is 0 Å². The van der Waals surface area contributed by atoms with Crippen LogP contribution in [0.5, 0.6) is 0 Å². The molecule has 2 N–H and O–H groups in total. The number of nitrogens with two attached hydrogens (primary N) is 1. The quantitative estimate of drug-likeness (QED) is 0.837. The summed E-state index contributed by atoms with van der Waals surface area (Å²) >= 11 is 1.98. The molecule has 106 valence electrons. The Balaban J connectivity index is 2.65. The Labute approximate surface area is 116 Å². The Bertz CT molecular complexity index is 269. The monoisotopic (exact) mass is 272 g/mol. The summed E-state index contributed by atoms with van der Waals surface area (Å²) in [5.74, 6) is 1.27. The molecule has 0 spiro atoms. The number of nitrogens with zero attached hydrogens (tertiary/aromatic N) is 1. The van der Waals surface area contributed by atoms with Crippen molar-refractivity contribution in [1.82, 2.24) is 4.90 Å². The van der Waals surface area contributed by atoms with Crippen molar-refractivity contribution in [1.29, 1.82) is 0 Å². The maximum absolute atomic E-state index is 12.5.